The van der Waals surface area contributed by atoms with Gasteiger partial charge in [-0.1, -0.05) is 17.7 Å². The quantitative estimate of drug-likeness (QED) is 0.542. The molecule has 30 heavy (non-hydrogen) atoms. The van der Waals surface area contributed by atoms with Crippen molar-refractivity contribution in [1.29, 1.82) is 0 Å². The molecular weight excluding hydrogens is 404 g/mol. The highest BCUT2D eigenvalue weighted by atomic mass is 32.2. The van der Waals surface area contributed by atoms with Crippen molar-refractivity contribution in [1.82, 2.24) is 18.5 Å². The molecule has 0 radical (unpaired) electrons. The van der Waals surface area contributed by atoms with E-state index in [1.165, 1.54) is 10.2 Å². The Morgan fingerprint density at radius 1 is 1.10 bits per heavy atom. The molecule has 1 N–H and O–H groups in total. The highest BCUT2D eigenvalue weighted by Gasteiger charge is 2.73. The monoisotopic (exact) mass is 422 g/mol. The highest BCUT2D eigenvalue weighted by Crippen LogP contribution is 2.72. The number of fused-ring (bicyclic) bond motifs is 3. The first-order valence-corrected chi connectivity index (χ1v) is 11.1. The van der Waals surface area contributed by atoms with E-state index in [4.69, 9.17) is 0 Å². The van der Waals surface area contributed by atoms with E-state index in [1.807, 2.05) is 11.5 Å². The molecule has 0 atom stereocenters. The fourth-order valence-electron chi connectivity index (χ4n) is 5.16. The number of carbonyl (C=O) groups is 1. The minimum Gasteiger partial charge on any atom is -0.481 e. The summed E-state index contributed by atoms with van der Waals surface area (Å²) < 4.78 is 29.6. The van der Waals surface area contributed by atoms with Gasteiger partial charge in [0.15, 0.2) is 5.65 Å². The molecule has 0 aliphatic heterocycles. The third-order valence-corrected chi connectivity index (χ3v) is 8.41. The Morgan fingerprint density at radius 3 is 2.47 bits per heavy atom. The number of aryl methyl sites for hydroxylation is 1. The molecule has 8 nitrogen and oxygen atoms in total. The number of nitrogens with zero attached hydrogens (tertiary/aromatic N) is 4. The molecular formula is C21H18N4O4S. The Bertz CT molecular complexity index is 1460. The van der Waals surface area contributed by atoms with E-state index in [1.54, 1.807) is 42.9 Å². The summed E-state index contributed by atoms with van der Waals surface area (Å²) in [6.45, 7) is 1.90. The fraction of sp³-hybridized carbons (Fsp3) is 0.286. The first kappa shape index (κ1) is 17.6. The summed E-state index contributed by atoms with van der Waals surface area (Å²) in [7, 11) is -3.80. The lowest BCUT2D eigenvalue weighted by molar-refractivity contribution is -0.212. The van der Waals surface area contributed by atoms with Gasteiger partial charge in [-0.2, -0.15) is 0 Å². The summed E-state index contributed by atoms with van der Waals surface area (Å²) in [4.78, 5) is 20.5. The topological polar surface area (TPSA) is 107 Å². The fourth-order valence-corrected chi connectivity index (χ4v) is 6.46. The van der Waals surface area contributed by atoms with Crippen LogP contribution < -0.4 is 0 Å². The van der Waals surface area contributed by atoms with Crippen molar-refractivity contribution in [2.24, 2.45) is 5.41 Å². The van der Waals surface area contributed by atoms with E-state index in [2.05, 4.69) is 9.97 Å². The van der Waals surface area contributed by atoms with Gasteiger partial charge in [0, 0.05) is 17.1 Å². The number of hydrogen-bond acceptors (Lipinski definition) is 5. The Balaban J connectivity index is 1.51. The van der Waals surface area contributed by atoms with Gasteiger partial charge in [-0.25, -0.2) is 22.4 Å². The largest absolute Gasteiger partial charge is 0.481 e. The standard InChI is InChI=1S/C21H18N4O4S/c1-13-2-4-14(5-3-13)30(28,29)25-7-6-15-17-16(8-22-18(15)25)23-12-24(17)21-9-20(10-21,11-21)19(26)27/h2-8,12H,9-11H2,1H3,(H,26,27). The van der Waals surface area contributed by atoms with Crippen LogP contribution in [0, 0.1) is 12.3 Å². The van der Waals surface area contributed by atoms with Crippen molar-refractivity contribution in [3.8, 4) is 0 Å². The zero-order valence-corrected chi connectivity index (χ0v) is 16.9. The molecule has 2 bridgehead atoms. The van der Waals surface area contributed by atoms with Gasteiger partial charge < -0.3 is 9.67 Å². The molecule has 3 aliphatic rings. The number of rotatable bonds is 4. The number of aliphatic carboxylic acids is 1. The lowest BCUT2D eigenvalue weighted by Crippen LogP contribution is -2.70. The van der Waals surface area contributed by atoms with E-state index in [0.29, 0.717) is 35.8 Å². The average molecular weight is 422 g/mol. The van der Waals surface area contributed by atoms with Crippen molar-refractivity contribution < 1.29 is 18.3 Å². The number of hydrogen-bond donors (Lipinski definition) is 1. The van der Waals surface area contributed by atoms with Crippen LogP contribution in [-0.2, 0) is 20.4 Å². The van der Waals surface area contributed by atoms with E-state index >= 15 is 0 Å². The highest BCUT2D eigenvalue weighted by molar-refractivity contribution is 7.90. The molecule has 0 saturated heterocycles. The second-order valence-corrected chi connectivity index (χ2v) is 10.4. The van der Waals surface area contributed by atoms with Crippen molar-refractivity contribution in [2.75, 3.05) is 0 Å². The molecule has 0 spiro atoms. The zero-order valence-electron chi connectivity index (χ0n) is 16.1. The van der Waals surface area contributed by atoms with Gasteiger partial charge >= 0.3 is 5.97 Å². The van der Waals surface area contributed by atoms with Crippen molar-refractivity contribution in [3.05, 3.63) is 54.6 Å². The lowest BCUT2D eigenvalue weighted by atomic mass is 9.39. The van der Waals surface area contributed by atoms with Crippen LogP contribution in [0.25, 0.3) is 22.1 Å². The van der Waals surface area contributed by atoms with Gasteiger partial charge in [-0.05, 0) is 44.4 Å². The maximum absolute atomic E-state index is 13.2. The number of aromatic nitrogens is 4. The molecule has 7 rings (SSSR count). The maximum atomic E-state index is 13.2. The van der Waals surface area contributed by atoms with Gasteiger partial charge in [0.1, 0.15) is 5.52 Å². The van der Waals surface area contributed by atoms with E-state index in [0.717, 1.165) is 11.1 Å². The second-order valence-electron chi connectivity index (χ2n) is 8.61. The SMILES string of the molecule is Cc1ccc(S(=O)(=O)n2ccc3c4c(cnc32)ncn4C23CC(C(=O)O)(C2)C3)cc1. The van der Waals surface area contributed by atoms with Crippen molar-refractivity contribution >= 4 is 38.1 Å². The third-order valence-electron chi connectivity index (χ3n) is 6.73. The second kappa shape index (κ2) is 5.28. The molecule has 3 saturated carbocycles. The summed E-state index contributed by atoms with van der Waals surface area (Å²) >= 11 is 0. The Kier molecular flexibility index (Phi) is 3.11. The van der Waals surface area contributed by atoms with Gasteiger partial charge in [-0.3, -0.25) is 4.79 Å². The predicted molar refractivity (Wildman–Crippen MR) is 109 cm³/mol. The first-order chi connectivity index (χ1) is 14.3. The number of benzene rings is 1. The molecule has 4 aromatic rings. The first-order valence-electron chi connectivity index (χ1n) is 9.65. The van der Waals surface area contributed by atoms with Crippen LogP contribution in [0.1, 0.15) is 24.8 Å². The normalized spacial score (nSPS) is 25.2. The average Bonchev–Trinajstić information content (AvgIpc) is 3.24. The predicted octanol–water partition coefficient (Wildman–Crippen LogP) is 2.90. The third kappa shape index (κ3) is 2.00. The van der Waals surface area contributed by atoms with Crippen molar-refractivity contribution in [3.63, 3.8) is 0 Å². The van der Waals surface area contributed by atoms with Crippen LogP contribution in [0.5, 0.6) is 0 Å². The van der Waals surface area contributed by atoms with Gasteiger partial charge in [0.05, 0.1) is 28.4 Å². The van der Waals surface area contributed by atoms with Crippen LogP contribution in [-0.4, -0.2) is 38.0 Å². The van der Waals surface area contributed by atoms with Crippen LogP contribution in [0.2, 0.25) is 0 Å². The number of carboxylic acid groups (broad SMARTS) is 1. The smallest absolute Gasteiger partial charge is 0.309 e. The minimum absolute atomic E-state index is 0.198. The molecule has 3 aliphatic carbocycles. The Morgan fingerprint density at radius 2 is 1.80 bits per heavy atom. The molecule has 1 aromatic carbocycles. The molecule has 9 heteroatoms. The summed E-state index contributed by atoms with van der Waals surface area (Å²) in [5, 5.41) is 10.1. The van der Waals surface area contributed by atoms with Crippen LogP contribution in [0.4, 0.5) is 0 Å². The molecule has 3 heterocycles. The summed E-state index contributed by atoms with van der Waals surface area (Å²) in [6, 6.07) is 8.45. The van der Waals surface area contributed by atoms with Gasteiger partial charge in [0.2, 0.25) is 0 Å². The number of imidazole rings is 1. The number of pyridine rings is 1. The minimum atomic E-state index is -3.80. The van der Waals surface area contributed by atoms with E-state index in [9.17, 15) is 18.3 Å². The molecule has 3 aromatic heterocycles. The van der Waals surface area contributed by atoms with Crippen LogP contribution >= 0.6 is 0 Å². The Hall–Kier alpha value is -3.20. The summed E-state index contributed by atoms with van der Waals surface area (Å²) in [6.07, 6.45) is 6.55. The summed E-state index contributed by atoms with van der Waals surface area (Å²) in [5.41, 5.74) is 1.93. The van der Waals surface area contributed by atoms with Crippen LogP contribution in [0.15, 0.2) is 53.9 Å². The van der Waals surface area contributed by atoms with Gasteiger partial charge in [0.25, 0.3) is 10.0 Å². The van der Waals surface area contributed by atoms with E-state index in [-0.39, 0.29) is 10.4 Å². The van der Waals surface area contributed by atoms with Crippen molar-refractivity contribution in [2.45, 2.75) is 36.6 Å². The number of carboxylic acids is 1. The Labute approximate surface area is 171 Å². The molecule has 0 amide bonds. The molecule has 3 fully saturated rings. The molecule has 152 valence electrons. The van der Waals surface area contributed by atoms with Gasteiger partial charge in [-0.15, -0.1) is 0 Å². The summed E-state index contributed by atoms with van der Waals surface area (Å²) in [5.74, 6) is -0.740. The van der Waals surface area contributed by atoms with E-state index < -0.39 is 21.4 Å². The zero-order chi connectivity index (χ0) is 20.9. The maximum Gasteiger partial charge on any atom is 0.309 e. The lowest BCUT2D eigenvalue weighted by Gasteiger charge is -2.68. The molecule has 0 unspecified atom stereocenters. The van der Waals surface area contributed by atoms with Crippen LogP contribution in [0.3, 0.4) is 0 Å².